The third kappa shape index (κ3) is 3.02. The normalized spacial score (nSPS) is 22.6. The molecule has 2 aliphatic rings. The van der Waals surface area contributed by atoms with Gasteiger partial charge in [-0.2, -0.15) is 0 Å². The minimum absolute atomic E-state index is 0.185. The topological polar surface area (TPSA) is 59.1 Å². The monoisotopic (exact) mass is 372 g/mol. The van der Waals surface area contributed by atoms with Crippen molar-refractivity contribution >= 4 is 29.3 Å². The van der Waals surface area contributed by atoms with Gasteiger partial charge in [-0.1, -0.05) is 41.9 Å². The number of para-hydroxylation sites is 1. The molecule has 2 amide bonds. The maximum atomic E-state index is 13.0. The largest absolute Gasteiger partial charge is 0.447 e. The van der Waals surface area contributed by atoms with Gasteiger partial charge < -0.3 is 4.74 Å². The summed E-state index contributed by atoms with van der Waals surface area (Å²) in [5, 5.41) is 2.35. The summed E-state index contributed by atoms with van der Waals surface area (Å²) in [5.41, 5.74) is 1.73. The number of benzene rings is 2. The molecule has 0 radical (unpaired) electrons. The van der Waals surface area contributed by atoms with E-state index >= 15 is 0 Å². The van der Waals surface area contributed by atoms with Gasteiger partial charge in [0.1, 0.15) is 6.61 Å². The summed E-state index contributed by atoms with van der Waals surface area (Å²) in [6, 6.07) is 16.5. The van der Waals surface area contributed by atoms with E-state index in [0.29, 0.717) is 5.02 Å². The van der Waals surface area contributed by atoms with E-state index < -0.39 is 12.0 Å². The van der Waals surface area contributed by atoms with Crippen LogP contribution in [0.15, 0.2) is 54.6 Å². The summed E-state index contributed by atoms with van der Waals surface area (Å²) in [6.45, 7) is 0.684. The SMILES string of the molecule is O=C1OCCN1C(=O)[C@H]1CON(c2ccccc2)[C@@H]1c1ccc(Cl)cc1. The minimum atomic E-state index is -0.594. The summed E-state index contributed by atoms with van der Waals surface area (Å²) < 4.78 is 4.91. The Morgan fingerprint density at radius 1 is 1.08 bits per heavy atom. The standard InChI is InChI=1S/C19H17ClN2O4/c20-14-8-6-13(7-9-14)17-16(18(23)21-10-11-25-19(21)24)12-26-22(17)15-4-2-1-3-5-15/h1-9,16-17H,10-12H2/t16-,17+/m0/s1. The van der Waals surface area contributed by atoms with Crippen LogP contribution in [0.3, 0.4) is 0 Å². The van der Waals surface area contributed by atoms with Crippen molar-refractivity contribution in [2.24, 2.45) is 5.92 Å². The molecule has 0 spiro atoms. The molecule has 6 nitrogen and oxygen atoms in total. The molecule has 2 atom stereocenters. The second-order valence-electron chi connectivity index (χ2n) is 6.16. The van der Waals surface area contributed by atoms with Gasteiger partial charge in [0.05, 0.1) is 30.8 Å². The molecular formula is C19H17ClN2O4. The summed E-state index contributed by atoms with van der Waals surface area (Å²) >= 11 is 6.01. The highest BCUT2D eigenvalue weighted by atomic mass is 35.5. The quantitative estimate of drug-likeness (QED) is 0.826. The number of hydrogen-bond acceptors (Lipinski definition) is 5. The molecule has 4 rings (SSSR count). The lowest BCUT2D eigenvalue weighted by Crippen LogP contribution is -2.40. The Labute approximate surface area is 155 Å². The molecule has 0 aromatic heterocycles. The molecule has 2 aromatic carbocycles. The van der Waals surface area contributed by atoms with Gasteiger partial charge >= 0.3 is 6.09 Å². The van der Waals surface area contributed by atoms with Gasteiger partial charge in [0.2, 0.25) is 5.91 Å². The fourth-order valence-corrected chi connectivity index (χ4v) is 3.46. The number of rotatable bonds is 3. The molecule has 0 saturated carbocycles. The molecular weight excluding hydrogens is 356 g/mol. The van der Waals surface area contributed by atoms with Crippen LogP contribution in [0, 0.1) is 5.92 Å². The zero-order chi connectivity index (χ0) is 18.1. The number of nitrogens with zero attached hydrogens (tertiary/aromatic N) is 2. The average molecular weight is 373 g/mol. The Hall–Kier alpha value is -2.57. The van der Waals surface area contributed by atoms with E-state index in [9.17, 15) is 9.59 Å². The first-order chi connectivity index (χ1) is 12.6. The van der Waals surface area contributed by atoms with E-state index in [0.717, 1.165) is 16.2 Å². The Balaban J connectivity index is 1.70. The molecule has 0 unspecified atom stereocenters. The zero-order valence-corrected chi connectivity index (χ0v) is 14.6. The molecule has 2 saturated heterocycles. The van der Waals surface area contributed by atoms with Crippen LogP contribution < -0.4 is 5.06 Å². The number of halogens is 1. The number of carbonyl (C=O) groups excluding carboxylic acids is 2. The van der Waals surface area contributed by atoms with Gasteiger partial charge in [-0.15, -0.1) is 0 Å². The number of anilines is 1. The van der Waals surface area contributed by atoms with Crippen LogP contribution in [0.4, 0.5) is 10.5 Å². The van der Waals surface area contributed by atoms with Gasteiger partial charge in [0.15, 0.2) is 0 Å². The summed E-state index contributed by atoms with van der Waals surface area (Å²) in [4.78, 5) is 31.8. The van der Waals surface area contributed by atoms with Crippen LogP contribution >= 0.6 is 11.6 Å². The average Bonchev–Trinajstić information content (AvgIpc) is 3.29. The van der Waals surface area contributed by atoms with Gasteiger partial charge in [-0.25, -0.2) is 14.8 Å². The lowest BCUT2D eigenvalue weighted by atomic mass is 9.92. The molecule has 134 valence electrons. The second-order valence-corrected chi connectivity index (χ2v) is 6.60. The first-order valence-electron chi connectivity index (χ1n) is 8.36. The third-order valence-electron chi connectivity index (χ3n) is 4.59. The van der Waals surface area contributed by atoms with Crippen LogP contribution in [0.5, 0.6) is 0 Å². The van der Waals surface area contributed by atoms with Gasteiger partial charge in [0.25, 0.3) is 0 Å². The third-order valence-corrected chi connectivity index (χ3v) is 4.85. The van der Waals surface area contributed by atoms with Crippen LogP contribution in [0.2, 0.25) is 5.02 Å². The van der Waals surface area contributed by atoms with Crippen molar-refractivity contribution in [3.8, 4) is 0 Å². The molecule has 0 aliphatic carbocycles. The highest BCUT2D eigenvalue weighted by molar-refractivity contribution is 6.30. The highest BCUT2D eigenvalue weighted by Gasteiger charge is 2.45. The fraction of sp³-hybridized carbons (Fsp3) is 0.263. The number of imide groups is 1. The maximum Gasteiger partial charge on any atom is 0.416 e. The van der Waals surface area contributed by atoms with E-state index in [1.807, 2.05) is 42.5 Å². The van der Waals surface area contributed by atoms with E-state index in [2.05, 4.69) is 0 Å². The first-order valence-corrected chi connectivity index (χ1v) is 8.74. The molecule has 2 fully saturated rings. The van der Waals surface area contributed by atoms with Crippen LogP contribution in [-0.2, 0) is 14.4 Å². The van der Waals surface area contributed by atoms with Crippen LogP contribution in [0.1, 0.15) is 11.6 Å². The number of amides is 2. The molecule has 7 heteroatoms. The fourth-order valence-electron chi connectivity index (χ4n) is 3.33. The smallest absolute Gasteiger partial charge is 0.416 e. The van der Waals surface area contributed by atoms with E-state index in [-0.39, 0.29) is 31.7 Å². The number of hydroxylamine groups is 1. The lowest BCUT2D eigenvalue weighted by Gasteiger charge is -2.28. The molecule has 0 N–H and O–H groups in total. The molecule has 2 aromatic rings. The summed E-state index contributed by atoms with van der Waals surface area (Å²) in [5.74, 6) is -0.812. The number of carbonyl (C=O) groups is 2. The van der Waals surface area contributed by atoms with E-state index in [1.54, 1.807) is 17.2 Å². The predicted octanol–water partition coefficient (Wildman–Crippen LogP) is 3.43. The minimum Gasteiger partial charge on any atom is -0.447 e. The Bertz CT molecular complexity index is 812. The predicted molar refractivity (Wildman–Crippen MR) is 95.6 cm³/mol. The summed E-state index contributed by atoms with van der Waals surface area (Å²) in [7, 11) is 0. The zero-order valence-electron chi connectivity index (χ0n) is 13.9. The number of ether oxygens (including phenoxy) is 1. The maximum absolute atomic E-state index is 13.0. The Kier molecular flexibility index (Phi) is 4.53. The van der Waals surface area contributed by atoms with Crippen LogP contribution in [-0.4, -0.2) is 36.7 Å². The van der Waals surface area contributed by atoms with Crippen molar-refractivity contribution in [2.75, 3.05) is 24.8 Å². The van der Waals surface area contributed by atoms with E-state index in [4.69, 9.17) is 21.2 Å². The van der Waals surface area contributed by atoms with Gasteiger partial charge in [-0.05, 0) is 29.8 Å². The number of cyclic esters (lactones) is 1. The van der Waals surface area contributed by atoms with Crippen molar-refractivity contribution in [1.82, 2.24) is 4.90 Å². The Morgan fingerprint density at radius 2 is 1.81 bits per heavy atom. The lowest BCUT2D eigenvalue weighted by molar-refractivity contribution is -0.132. The second kappa shape index (κ2) is 6.97. The van der Waals surface area contributed by atoms with Crippen LogP contribution in [0.25, 0.3) is 0 Å². The Morgan fingerprint density at radius 3 is 2.46 bits per heavy atom. The van der Waals surface area contributed by atoms with Crippen molar-refractivity contribution in [3.05, 3.63) is 65.2 Å². The van der Waals surface area contributed by atoms with Gasteiger partial charge in [0, 0.05) is 5.02 Å². The molecule has 2 heterocycles. The molecule has 26 heavy (non-hydrogen) atoms. The van der Waals surface area contributed by atoms with Crippen molar-refractivity contribution < 1.29 is 19.2 Å². The first kappa shape index (κ1) is 16.9. The van der Waals surface area contributed by atoms with Gasteiger partial charge in [-0.3, -0.25) is 9.63 Å². The molecule has 0 bridgehead atoms. The van der Waals surface area contributed by atoms with Crippen molar-refractivity contribution in [2.45, 2.75) is 6.04 Å². The van der Waals surface area contributed by atoms with E-state index in [1.165, 1.54) is 0 Å². The summed E-state index contributed by atoms with van der Waals surface area (Å²) in [6.07, 6.45) is -0.594. The highest BCUT2D eigenvalue weighted by Crippen LogP contribution is 2.40. The molecule has 2 aliphatic heterocycles. The van der Waals surface area contributed by atoms with Crippen molar-refractivity contribution in [3.63, 3.8) is 0 Å². The number of hydrogen-bond donors (Lipinski definition) is 0. The van der Waals surface area contributed by atoms with Crippen molar-refractivity contribution in [1.29, 1.82) is 0 Å².